The third-order valence-corrected chi connectivity index (χ3v) is 4.68. The van der Waals surface area contributed by atoms with Crippen LogP contribution in [0.2, 0.25) is 0 Å². The van der Waals surface area contributed by atoms with E-state index >= 15 is 0 Å². The van der Waals surface area contributed by atoms with E-state index in [1.165, 1.54) is 6.07 Å². The molecule has 116 valence electrons. The third-order valence-electron chi connectivity index (χ3n) is 3.73. The van der Waals surface area contributed by atoms with Gasteiger partial charge in [-0.15, -0.1) is 0 Å². The smallest absolute Gasteiger partial charge is 0.240 e. The Kier molecular flexibility index (Phi) is 4.95. The van der Waals surface area contributed by atoms with Gasteiger partial charge < -0.3 is 5.32 Å². The van der Waals surface area contributed by atoms with Crippen LogP contribution in [0.25, 0.3) is 0 Å². The highest BCUT2D eigenvalue weighted by Crippen LogP contribution is 2.25. The van der Waals surface area contributed by atoms with Gasteiger partial charge >= 0.3 is 0 Å². The number of amides is 1. The number of nitrogens with two attached hydrogens (primary N) is 1. The number of rotatable bonds is 3. The van der Waals surface area contributed by atoms with Crippen LogP contribution in [0.1, 0.15) is 38.5 Å². The molecule has 21 heavy (non-hydrogen) atoms. The van der Waals surface area contributed by atoms with Crippen molar-refractivity contribution in [3.63, 3.8) is 0 Å². The molecule has 0 saturated heterocycles. The molecule has 3 N–H and O–H groups in total. The number of hydrogen-bond acceptors (Lipinski definition) is 3. The highest BCUT2D eigenvalue weighted by Gasteiger charge is 2.21. The maximum atomic E-state index is 13.7. The summed E-state index contributed by atoms with van der Waals surface area (Å²) in [6, 6.07) is 3.39. The minimum atomic E-state index is -4.09. The summed E-state index contributed by atoms with van der Waals surface area (Å²) in [4.78, 5) is 11.6. The second-order valence-corrected chi connectivity index (χ2v) is 6.90. The number of primary sulfonamides is 1. The fourth-order valence-electron chi connectivity index (χ4n) is 2.60. The Morgan fingerprint density at radius 2 is 1.81 bits per heavy atom. The van der Waals surface area contributed by atoms with E-state index in [9.17, 15) is 17.6 Å². The average Bonchev–Trinajstić information content (AvgIpc) is 2.66. The van der Waals surface area contributed by atoms with Crippen molar-refractivity contribution >= 4 is 21.6 Å². The molecule has 1 fully saturated rings. The maximum absolute atomic E-state index is 13.7. The minimum Gasteiger partial charge on any atom is -0.326 e. The van der Waals surface area contributed by atoms with Gasteiger partial charge in [-0.3, -0.25) is 4.79 Å². The number of halogens is 1. The van der Waals surface area contributed by atoms with Crippen LogP contribution in [-0.4, -0.2) is 14.3 Å². The highest BCUT2D eigenvalue weighted by atomic mass is 32.2. The fraction of sp³-hybridized carbons (Fsp3) is 0.500. The molecule has 0 aromatic heterocycles. The van der Waals surface area contributed by atoms with Crippen molar-refractivity contribution in [1.29, 1.82) is 0 Å². The van der Waals surface area contributed by atoms with Gasteiger partial charge in [0.15, 0.2) is 0 Å². The quantitative estimate of drug-likeness (QED) is 0.839. The van der Waals surface area contributed by atoms with Gasteiger partial charge in [0.2, 0.25) is 15.9 Å². The molecular weight excluding hydrogens is 295 g/mol. The van der Waals surface area contributed by atoms with E-state index in [1.54, 1.807) is 0 Å². The molecule has 0 bridgehead atoms. The first kappa shape index (κ1) is 15.9. The molecule has 1 saturated carbocycles. The summed E-state index contributed by atoms with van der Waals surface area (Å²) in [5.41, 5.74) is 0.245. The molecule has 0 heterocycles. The summed E-state index contributed by atoms with van der Waals surface area (Å²) >= 11 is 0. The molecule has 1 aromatic rings. The van der Waals surface area contributed by atoms with E-state index in [1.807, 2.05) is 0 Å². The molecule has 0 unspecified atom stereocenters. The van der Waals surface area contributed by atoms with Gasteiger partial charge in [-0.05, 0) is 31.0 Å². The van der Waals surface area contributed by atoms with Gasteiger partial charge in [0.25, 0.3) is 0 Å². The lowest BCUT2D eigenvalue weighted by molar-refractivity contribution is -0.120. The molecule has 0 atom stereocenters. The molecule has 0 spiro atoms. The topological polar surface area (TPSA) is 89.3 Å². The lowest BCUT2D eigenvalue weighted by atomic mass is 9.99. The first-order valence-corrected chi connectivity index (χ1v) is 8.56. The number of benzene rings is 1. The SMILES string of the molecule is NS(=O)(=O)c1ccc(NC(=O)C2CCCCCC2)cc1F. The normalized spacial score (nSPS) is 17.2. The standard InChI is InChI=1S/C14H19FN2O3S/c15-12-9-11(7-8-13(12)21(16,19)20)17-14(18)10-5-3-1-2-4-6-10/h7-10H,1-6H2,(H,17,18)(H2,16,19,20). The summed E-state index contributed by atoms with van der Waals surface area (Å²) < 4.78 is 35.9. The zero-order valence-electron chi connectivity index (χ0n) is 11.6. The number of sulfonamides is 1. The third kappa shape index (κ3) is 4.25. The van der Waals surface area contributed by atoms with Gasteiger partial charge in [0, 0.05) is 11.6 Å². The fourth-order valence-corrected chi connectivity index (χ4v) is 3.18. The molecule has 1 aliphatic rings. The molecule has 0 radical (unpaired) electrons. The van der Waals surface area contributed by atoms with Crippen molar-refractivity contribution < 1.29 is 17.6 Å². The Hall–Kier alpha value is -1.47. The predicted octanol–water partition coefficient (Wildman–Crippen LogP) is 2.38. The van der Waals surface area contributed by atoms with Crippen molar-refractivity contribution in [3.05, 3.63) is 24.0 Å². The molecule has 0 aliphatic heterocycles. The number of carbonyl (C=O) groups is 1. The molecule has 7 heteroatoms. The Bertz CT molecular complexity index is 623. The Labute approximate surface area is 123 Å². The summed E-state index contributed by atoms with van der Waals surface area (Å²) in [7, 11) is -4.09. The monoisotopic (exact) mass is 314 g/mol. The van der Waals surface area contributed by atoms with Crippen LogP contribution < -0.4 is 10.5 Å². The van der Waals surface area contributed by atoms with E-state index in [4.69, 9.17) is 5.14 Å². The van der Waals surface area contributed by atoms with Gasteiger partial charge in [-0.1, -0.05) is 25.7 Å². The predicted molar refractivity (Wildman–Crippen MR) is 77.6 cm³/mol. The number of anilines is 1. The van der Waals surface area contributed by atoms with Crippen LogP contribution in [-0.2, 0) is 14.8 Å². The zero-order chi connectivity index (χ0) is 15.5. The van der Waals surface area contributed by atoms with E-state index < -0.39 is 20.7 Å². The summed E-state index contributed by atoms with van der Waals surface area (Å²) in [6.07, 6.45) is 6.00. The van der Waals surface area contributed by atoms with Crippen molar-refractivity contribution in [2.24, 2.45) is 11.1 Å². The maximum Gasteiger partial charge on any atom is 0.240 e. The molecule has 1 amide bonds. The molecule has 2 rings (SSSR count). The van der Waals surface area contributed by atoms with Crippen LogP contribution in [0.5, 0.6) is 0 Å². The molecule has 1 aliphatic carbocycles. The molecular formula is C14H19FN2O3S. The zero-order valence-corrected chi connectivity index (χ0v) is 12.5. The lowest BCUT2D eigenvalue weighted by Gasteiger charge is -2.14. The first-order valence-electron chi connectivity index (χ1n) is 7.01. The Morgan fingerprint density at radius 3 is 2.33 bits per heavy atom. The van der Waals surface area contributed by atoms with Gasteiger partial charge in [0.1, 0.15) is 10.7 Å². The lowest BCUT2D eigenvalue weighted by Crippen LogP contribution is -2.22. The van der Waals surface area contributed by atoms with Crippen molar-refractivity contribution in [1.82, 2.24) is 0 Å². The summed E-state index contributed by atoms with van der Waals surface area (Å²) in [5.74, 6) is -1.16. The Morgan fingerprint density at radius 1 is 1.19 bits per heavy atom. The van der Waals surface area contributed by atoms with Crippen molar-refractivity contribution in [3.8, 4) is 0 Å². The van der Waals surface area contributed by atoms with Crippen molar-refractivity contribution in [2.75, 3.05) is 5.32 Å². The number of hydrogen-bond donors (Lipinski definition) is 2. The Balaban J connectivity index is 2.09. The van der Waals surface area contributed by atoms with E-state index in [0.29, 0.717) is 0 Å². The van der Waals surface area contributed by atoms with Crippen LogP contribution in [0.15, 0.2) is 23.1 Å². The van der Waals surface area contributed by atoms with Gasteiger partial charge in [0.05, 0.1) is 0 Å². The minimum absolute atomic E-state index is 0.0616. The van der Waals surface area contributed by atoms with Crippen LogP contribution in [0.4, 0.5) is 10.1 Å². The number of nitrogens with one attached hydrogen (secondary N) is 1. The van der Waals surface area contributed by atoms with Crippen LogP contribution >= 0.6 is 0 Å². The van der Waals surface area contributed by atoms with Crippen molar-refractivity contribution in [2.45, 2.75) is 43.4 Å². The second-order valence-electron chi connectivity index (χ2n) is 5.37. The van der Waals surface area contributed by atoms with Crippen LogP contribution in [0, 0.1) is 11.7 Å². The van der Waals surface area contributed by atoms with Gasteiger partial charge in [-0.2, -0.15) is 0 Å². The number of carbonyl (C=O) groups excluding carboxylic acids is 1. The van der Waals surface area contributed by atoms with Gasteiger partial charge in [-0.25, -0.2) is 17.9 Å². The summed E-state index contributed by atoms with van der Waals surface area (Å²) in [5, 5.41) is 7.53. The molecule has 1 aromatic carbocycles. The first-order chi connectivity index (χ1) is 9.88. The molecule has 5 nitrogen and oxygen atoms in total. The summed E-state index contributed by atoms with van der Waals surface area (Å²) in [6.45, 7) is 0. The van der Waals surface area contributed by atoms with E-state index in [2.05, 4.69) is 5.32 Å². The van der Waals surface area contributed by atoms with Crippen LogP contribution in [0.3, 0.4) is 0 Å². The highest BCUT2D eigenvalue weighted by molar-refractivity contribution is 7.89. The van der Waals surface area contributed by atoms with E-state index in [0.717, 1.165) is 50.7 Å². The van der Waals surface area contributed by atoms with E-state index in [-0.39, 0.29) is 17.5 Å². The second kappa shape index (κ2) is 6.53. The largest absolute Gasteiger partial charge is 0.326 e. The average molecular weight is 314 g/mol.